The largest absolute Gasteiger partial charge is 0.434 e. The molecule has 3 aromatic rings. The number of para-hydroxylation sites is 1. The van der Waals surface area contributed by atoms with Crippen LogP contribution in [0.25, 0.3) is 17.3 Å². The number of thiazole rings is 1. The molecule has 5 nitrogen and oxygen atoms in total. The molecular formula is C21H13F2N3O2S. The SMILES string of the molecule is Cc1ccc(-n2c(=C(C#N)C#N)s/c(=C/c3ccccc3OC(F)F)c2=O)cc1. The summed E-state index contributed by atoms with van der Waals surface area (Å²) in [7, 11) is 0. The Morgan fingerprint density at radius 3 is 2.41 bits per heavy atom. The summed E-state index contributed by atoms with van der Waals surface area (Å²) in [6.45, 7) is -1.12. The zero-order valence-electron chi connectivity index (χ0n) is 15.1. The van der Waals surface area contributed by atoms with Gasteiger partial charge in [-0.25, -0.2) is 0 Å². The van der Waals surface area contributed by atoms with Crippen LogP contribution in [0.5, 0.6) is 5.75 Å². The Kier molecular flexibility index (Phi) is 5.87. The molecule has 0 spiro atoms. The summed E-state index contributed by atoms with van der Waals surface area (Å²) < 4.78 is 31.4. The lowest BCUT2D eigenvalue weighted by molar-refractivity contribution is -0.0499. The Hall–Kier alpha value is -3.75. The fourth-order valence-electron chi connectivity index (χ4n) is 2.64. The molecule has 0 atom stereocenters. The van der Waals surface area contributed by atoms with Gasteiger partial charge in [0.25, 0.3) is 5.56 Å². The molecule has 0 aliphatic carbocycles. The highest BCUT2D eigenvalue weighted by Crippen LogP contribution is 2.20. The number of benzene rings is 2. The van der Waals surface area contributed by atoms with Crippen LogP contribution in [0.3, 0.4) is 0 Å². The van der Waals surface area contributed by atoms with Crippen LogP contribution in [0.2, 0.25) is 0 Å². The first kappa shape index (κ1) is 20.0. The fourth-order valence-corrected chi connectivity index (χ4v) is 3.69. The Balaban J connectivity index is 2.34. The minimum atomic E-state index is -3.01. The minimum absolute atomic E-state index is 0.0801. The highest BCUT2D eigenvalue weighted by atomic mass is 32.1. The topological polar surface area (TPSA) is 78.8 Å². The minimum Gasteiger partial charge on any atom is -0.434 e. The molecule has 0 saturated heterocycles. The van der Waals surface area contributed by atoms with Gasteiger partial charge in [-0.3, -0.25) is 9.36 Å². The van der Waals surface area contributed by atoms with Crippen LogP contribution in [0.1, 0.15) is 11.1 Å². The van der Waals surface area contributed by atoms with Crippen LogP contribution in [-0.2, 0) is 0 Å². The van der Waals surface area contributed by atoms with Crippen LogP contribution in [0.4, 0.5) is 8.78 Å². The maximum Gasteiger partial charge on any atom is 0.387 e. The lowest BCUT2D eigenvalue weighted by atomic mass is 10.2. The third-order valence-corrected chi connectivity index (χ3v) is 5.07. The van der Waals surface area contributed by atoms with Gasteiger partial charge in [-0.2, -0.15) is 19.3 Å². The predicted molar refractivity (Wildman–Crippen MR) is 105 cm³/mol. The molecule has 0 fully saturated rings. The van der Waals surface area contributed by atoms with E-state index >= 15 is 0 Å². The van der Waals surface area contributed by atoms with E-state index in [9.17, 15) is 24.1 Å². The van der Waals surface area contributed by atoms with Gasteiger partial charge < -0.3 is 4.74 Å². The van der Waals surface area contributed by atoms with Gasteiger partial charge in [0.15, 0.2) is 5.57 Å². The standard InChI is InChI=1S/C21H13F2N3O2S/c1-13-6-8-16(9-7-13)26-19(27)18(29-20(26)15(11-24)12-25)10-14-4-2-3-5-17(14)28-21(22)23/h2-10,21H,1H3/b18-10+. The lowest BCUT2D eigenvalue weighted by Crippen LogP contribution is -2.30. The molecule has 0 N–H and O–H groups in total. The number of halogens is 2. The molecule has 0 bridgehead atoms. The monoisotopic (exact) mass is 409 g/mol. The summed E-state index contributed by atoms with van der Waals surface area (Å²) in [4.78, 5) is 13.1. The van der Waals surface area contributed by atoms with Crippen molar-refractivity contribution in [2.45, 2.75) is 13.5 Å². The molecule has 2 aromatic carbocycles. The van der Waals surface area contributed by atoms with E-state index in [-0.39, 0.29) is 26.1 Å². The summed E-state index contributed by atoms with van der Waals surface area (Å²) in [5.74, 6) is -0.0801. The number of ether oxygens (including phenoxy) is 1. The lowest BCUT2D eigenvalue weighted by Gasteiger charge is -2.06. The van der Waals surface area contributed by atoms with Gasteiger partial charge in [0.05, 0.1) is 10.2 Å². The van der Waals surface area contributed by atoms with Crippen molar-refractivity contribution >= 4 is 23.0 Å². The van der Waals surface area contributed by atoms with Crippen molar-refractivity contribution in [2.75, 3.05) is 0 Å². The molecule has 8 heteroatoms. The van der Waals surface area contributed by atoms with Gasteiger partial charge in [0.1, 0.15) is 22.6 Å². The molecule has 0 radical (unpaired) electrons. The van der Waals surface area contributed by atoms with Gasteiger partial charge in [0.2, 0.25) is 0 Å². The first-order valence-electron chi connectivity index (χ1n) is 8.33. The Bertz CT molecular complexity index is 1290. The van der Waals surface area contributed by atoms with Crippen molar-refractivity contribution in [2.24, 2.45) is 0 Å². The second kappa shape index (κ2) is 8.51. The van der Waals surface area contributed by atoms with E-state index in [0.717, 1.165) is 16.9 Å². The summed E-state index contributed by atoms with van der Waals surface area (Å²) in [6.07, 6.45) is 1.41. The van der Waals surface area contributed by atoms with E-state index in [1.165, 1.54) is 28.8 Å². The fraction of sp³-hybridized carbons (Fsp3) is 0.0952. The summed E-state index contributed by atoms with van der Waals surface area (Å²) >= 11 is 0.935. The van der Waals surface area contributed by atoms with Crippen LogP contribution in [0, 0.1) is 29.6 Å². The zero-order valence-corrected chi connectivity index (χ0v) is 15.9. The average molecular weight is 409 g/mol. The van der Waals surface area contributed by atoms with Crippen LogP contribution < -0.4 is 19.5 Å². The van der Waals surface area contributed by atoms with E-state index in [0.29, 0.717) is 5.69 Å². The molecule has 3 rings (SSSR count). The Labute approximate surface area is 168 Å². The first-order valence-corrected chi connectivity index (χ1v) is 9.15. The number of rotatable bonds is 4. The maximum absolute atomic E-state index is 13.1. The molecule has 1 heterocycles. The highest BCUT2D eigenvalue weighted by molar-refractivity contribution is 7.07. The zero-order chi connectivity index (χ0) is 21.0. The highest BCUT2D eigenvalue weighted by Gasteiger charge is 2.13. The normalized spacial score (nSPS) is 11.2. The van der Waals surface area contributed by atoms with E-state index in [1.54, 1.807) is 42.5 Å². The second-order valence-electron chi connectivity index (χ2n) is 5.91. The van der Waals surface area contributed by atoms with Crippen molar-refractivity contribution in [1.29, 1.82) is 10.5 Å². The van der Waals surface area contributed by atoms with Gasteiger partial charge in [-0.05, 0) is 31.2 Å². The number of hydrogen-bond donors (Lipinski definition) is 0. The molecule has 0 aliphatic heterocycles. The number of nitrogens with zero attached hydrogens (tertiary/aromatic N) is 3. The predicted octanol–water partition coefficient (Wildman–Crippen LogP) is 2.84. The molecule has 29 heavy (non-hydrogen) atoms. The average Bonchev–Trinajstić information content (AvgIpc) is 3.01. The molecular weight excluding hydrogens is 396 g/mol. The first-order chi connectivity index (χ1) is 13.9. The molecule has 0 saturated carbocycles. The number of aryl methyl sites for hydroxylation is 1. The van der Waals surface area contributed by atoms with Crippen molar-refractivity contribution in [3.63, 3.8) is 0 Å². The van der Waals surface area contributed by atoms with Gasteiger partial charge in [-0.15, -0.1) is 11.3 Å². The molecule has 1 aromatic heterocycles. The van der Waals surface area contributed by atoms with Crippen molar-refractivity contribution < 1.29 is 13.5 Å². The molecule has 0 aliphatic rings. The maximum atomic E-state index is 13.1. The quantitative estimate of drug-likeness (QED) is 0.664. The summed E-state index contributed by atoms with van der Waals surface area (Å²) in [5.41, 5.74) is 1.07. The smallest absolute Gasteiger partial charge is 0.387 e. The molecule has 0 unspecified atom stereocenters. The number of nitriles is 2. The van der Waals surface area contributed by atoms with Gasteiger partial charge >= 0.3 is 6.61 Å². The van der Waals surface area contributed by atoms with Crippen LogP contribution in [-0.4, -0.2) is 11.2 Å². The van der Waals surface area contributed by atoms with Crippen LogP contribution >= 0.6 is 11.3 Å². The van der Waals surface area contributed by atoms with E-state index < -0.39 is 12.2 Å². The Morgan fingerprint density at radius 1 is 1.14 bits per heavy atom. The van der Waals surface area contributed by atoms with Crippen LogP contribution in [0.15, 0.2) is 53.3 Å². The third-order valence-electron chi connectivity index (χ3n) is 3.97. The van der Waals surface area contributed by atoms with Crippen molar-refractivity contribution in [1.82, 2.24) is 4.57 Å². The number of alkyl halides is 2. The van der Waals surface area contributed by atoms with Gasteiger partial charge in [0, 0.05) is 5.56 Å². The summed E-state index contributed by atoms with van der Waals surface area (Å²) in [6, 6.07) is 16.7. The molecule has 0 amide bonds. The third kappa shape index (κ3) is 4.23. The van der Waals surface area contributed by atoms with E-state index in [4.69, 9.17) is 0 Å². The number of hydrogen-bond acceptors (Lipinski definition) is 5. The second-order valence-corrected chi connectivity index (χ2v) is 6.94. The van der Waals surface area contributed by atoms with Crippen molar-refractivity contribution in [3.05, 3.63) is 79.2 Å². The van der Waals surface area contributed by atoms with Gasteiger partial charge in [-0.1, -0.05) is 35.9 Å². The Morgan fingerprint density at radius 2 is 1.79 bits per heavy atom. The summed E-state index contributed by atoms with van der Waals surface area (Å²) in [5, 5.41) is 18.6. The van der Waals surface area contributed by atoms with Crippen molar-refractivity contribution in [3.8, 4) is 23.6 Å². The molecule has 144 valence electrons. The van der Waals surface area contributed by atoms with E-state index in [1.807, 2.05) is 6.92 Å². The number of aromatic nitrogens is 1. The van der Waals surface area contributed by atoms with E-state index in [2.05, 4.69) is 4.74 Å².